The third kappa shape index (κ3) is 3.68. The summed E-state index contributed by atoms with van der Waals surface area (Å²) in [5.74, 6) is -1.53. The fraction of sp³-hybridized carbons (Fsp3) is 0.214. The maximum atomic E-state index is 11.2. The average molecular weight is 273 g/mol. The molecule has 0 saturated carbocycles. The van der Waals surface area contributed by atoms with Gasteiger partial charge < -0.3 is 15.0 Å². The SMILES string of the molecule is O=C(O)/C=C/C(=O)NCCCn1cnc2ccccc21. The number of carbonyl (C=O) groups excluding carboxylic acids is 1. The minimum Gasteiger partial charge on any atom is -0.478 e. The van der Waals surface area contributed by atoms with Crippen LogP contribution >= 0.6 is 0 Å². The third-order valence-corrected chi connectivity index (χ3v) is 2.78. The highest BCUT2D eigenvalue weighted by molar-refractivity contribution is 5.93. The van der Waals surface area contributed by atoms with E-state index in [0.29, 0.717) is 6.54 Å². The van der Waals surface area contributed by atoms with Crippen molar-refractivity contribution in [3.63, 3.8) is 0 Å². The molecule has 0 saturated heterocycles. The first-order valence-corrected chi connectivity index (χ1v) is 6.25. The third-order valence-electron chi connectivity index (χ3n) is 2.78. The van der Waals surface area contributed by atoms with Crippen LogP contribution < -0.4 is 5.32 Å². The van der Waals surface area contributed by atoms with Crippen LogP contribution in [0.3, 0.4) is 0 Å². The number of nitrogens with zero attached hydrogens (tertiary/aromatic N) is 2. The van der Waals surface area contributed by atoms with Crippen molar-refractivity contribution in [1.29, 1.82) is 0 Å². The number of carboxylic acids is 1. The summed E-state index contributed by atoms with van der Waals surface area (Å²) in [6.07, 6.45) is 4.34. The number of benzene rings is 1. The second-order valence-electron chi connectivity index (χ2n) is 4.24. The van der Waals surface area contributed by atoms with Crippen molar-refractivity contribution in [3.8, 4) is 0 Å². The van der Waals surface area contributed by atoms with Crippen molar-refractivity contribution in [2.45, 2.75) is 13.0 Å². The molecular weight excluding hydrogens is 258 g/mol. The van der Waals surface area contributed by atoms with Crippen molar-refractivity contribution in [1.82, 2.24) is 14.9 Å². The number of imidazole rings is 1. The number of amides is 1. The molecule has 0 aliphatic heterocycles. The van der Waals surface area contributed by atoms with Gasteiger partial charge in [0.1, 0.15) is 0 Å². The summed E-state index contributed by atoms with van der Waals surface area (Å²) < 4.78 is 2.02. The van der Waals surface area contributed by atoms with Crippen LogP contribution in [0.15, 0.2) is 42.7 Å². The molecule has 0 atom stereocenters. The highest BCUT2D eigenvalue weighted by Crippen LogP contribution is 2.11. The van der Waals surface area contributed by atoms with Gasteiger partial charge in [-0.15, -0.1) is 0 Å². The fourth-order valence-corrected chi connectivity index (χ4v) is 1.86. The normalized spacial score (nSPS) is 11.0. The van der Waals surface area contributed by atoms with Gasteiger partial charge in [-0.3, -0.25) is 4.79 Å². The van der Waals surface area contributed by atoms with E-state index < -0.39 is 11.9 Å². The summed E-state index contributed by atoms with van der Waals surface area (Å²) in [5, 5.41) is 11.0. The van der Waals surface area contributed by atoms with Crippen LogP contribution in [0.2, 0.25) is 0 Å². The van der Waals surface area contributed by atoms with E-state index in [1.165, 1.54) is 0 Å². The highest BCUT2D eigenvalue weighted by atomic mass is 16.4. The summed E-state index contributed by atoms with van der Waals surface area (Å²) in [6.45, 7) is 1.22. The lowest BCUT2D eigenvalue weighted by molar-refractivity contribution is -0.131. The van der Waals surface area contributed by atoms with Crippen molar-refractivity contribution in [2.24, 2.45) is 0 Å². The van der Waals surface area contributed by atoms with Crippen LogP contribution in [-0.4, -0.2) is 33.1 Å². The van der Waals surface area contributed by atoms with Gasteiger partial charge in [-0.05, 0) is 18.6 Å². The van der Waals surface area contributed by atoms with Crippen LogP contribution in [0, 0.1) is 0 Å². The molecular formula is C14H15N3O3. The number of aromatic nitrogens is 2. The Labute approximate surface area is 115 Å². The molecule has 0 fully saturated rings. The number of aryl methyl sites for hydroxylation is 1. The van der Waals surface area contributed by atoms with Crippen LogP contribution in [0.1, 0.15) is 6.42 Å². The molecule has 1 aromatic carbocycles. The van der Waals surface area contributed by atoms with E-state index in [9.17, 15) is 9.59 Å². The van der Waals surface area contributed by atoms with Gasteiger partial charge in [0.05, 0.1) is 17.4 Å². The second-order valence-corrected chi connectivity index (χ2v) is 4.24. The molecule has 104 valence electrons. The molecule has 0 spiro atoms. The predicted octanol–water partition coefficient (Wildman–Crippen LogP) is 1.18. The molecule has 0 aliphatic rings. The van der Waals surface area contributed by atoms with Gasteiger partial charge in [-0.1, -0.05) is 12.1 Å². The van der Waals surface area contributed by atoms with E-state index in [0.717, 1.165) is 36.2 Å². The minimum absolute atomic E-state index is 0.400. The summed E-state index contributed by atoms with van der Waals surface area (Å²) in [6, 6.07) is 7.84. The van der Waals surface area contributed by atoms with E-state index in [1.807, 2.05) is 28.8 Å². The Morgan fingerprint density at radius 3 is 2.90 bits per heavy atom. The number of rotatable bonds is 6. The quantitative estimate of drug-likeness (QED) is 0.611. The van der Waals surface area contributed by atoms with Gasteiger partial charge >= 0.3 is 5.97 Å². The van der Waals surface area contributed by atoms with Crippen LogP contribution in [0.25, 0.3) is 11.0 Å². The Hall–Kier alpha value is -2.63. The molecule has 0 radical (unpaired) electrons. The van der Waals surface area contributed by atoms with Gasteiger partial charge in [0.25, 0.3) is 0 Å². The zero-order chi connectivity index (χ0) is 14.4. The van der Waals surface area contributed by atoms with Gasteiger partial charge in [-0.2, -0.15) is 0 Å². The lowest BCUT2D eigenvalue weighted by Gasteiger charge is -2.04. The summed E-state index contributed by atoms with van der Waals surface area (Å²) in [4.78, 5) is 25.8. The first-order chi connectivity index (χ1) is 9.66. The molecule has 6 nitrogen and oxygen atoms in total. The summed E-state index contributed by atoms with van der Waals surface area (Å²) >= 11 is 0. The Morgan fingerprint density at radius 1 is 1.30 bits per heavy atom. The maximum absolute atomic E-state index is 11.2. The van der Waals surface area contributed by atoms with Gasteiger partial charge in [-0.25, -0.2) is 9.78 Å². The fourth-order valence-electron chi connectivity index (χ4n) is 1.86. The molecule has 2 aromatic rings. The summed E-state index contributed by atoms with van der Waals surface area (Å²) in [5.41, 5.74) is 2.01. The molecule has 2 rings (SSSR count). The van der Waals surface area contributed by atoms with Gasteiger partial charge in [0, 0.05) is 25.2 Å². The topological polar surface area (TPSA) is 84.2 Å². The number of fused-ring (bicyclic) bond motifs is 1. The van der Waals surface area contributed by atoms with E-state index >= 15 is 0 Å². The number of hydrogen-bond donors (Lipinski definition) is 2. The molecule has 6 heteroatoms. The number of hydrogen-bond acceptors (Lipinski definition) is 3. The van der Waals surface area contributed by atoms with E-state index in [-0.39, 0.29) is 0 Å². The molecule has 20 heavy (non-hydrogen) atoms. The largest absolute Gasteiger partial charge is 0.478 e. The Kier molecular flexibility index (Phi) is 4.49. The maximum Gasteiger partial charge on any atom is 0.328 e. The first kappa shape index (κ1) is 13.8. The van der Waals surface area contributed by atoms with Crippen molar-refractivity contribution in [2.75, 3.05) is 6.54 Å². The molecule has 0 unspecified atom stereocenters. The molecule has 1 heterocycles. The number of aliphatic carboxylic acids is 1. The molecule has 1 aromatic heterocycles. The number of nitrogens with one attached hydrogen (secondary N) is 1. The van der Waals surface area contributed by atoms with Crippen molar-refractivity contribution >= 4 is 22.9 Å². The molecule has 0 bridgehead atoms. The smallest absolute Gasteiger partial charge is 0.328 e. The first-order valence-electron chi connectivity index (χ1n) is 6.25. The zero-order valence-electron chi connectivity index (χ0n) is 10.8. The Balaban J connectivity index is 1.79. The number of para-hydroxylation sites is 2. The Morgan fingerprint density at radius 2 is 2.10 bits per heavy atom. The van der Waals surface area contributed by atoms with E-state index in [1.54, 1.807) is 6.33 Å². The molecule has 1 amide bonds. The van der Waals surface area contributed by atoms with Crippen LogP contribution in [0.4, 0.5) is 0 Å². The molecule has 2 N–H and O–H groups in total. The van der Waals surface area contributed by atoms with Crippen molar-refractivity contribution < 1.29 is 14.7 Å². The van der Waals surface area contributed by atoms with Crippen LogP contribution in [-0.2, 0) is 16.1 Å². The van der Waals surface area contributed by atoms with Crippen LogP contribution in [0.5, 0.6) is 0 Å². The monoisotopic (exact) mass is 273 g/mol. The molecule has 0 aliphatic carbocycles. The van der Waals surface area contributed by atoms with Crippen molar-refractivity contribution in [3.05, 3.63) is 42.7 Å². The van der Waals surface area contributed by atoms with Gasteiger partial charge in [0.2, 0.25) is 5.91 Å². The standard InChI is InChI=1S/C14H15N3O3/c18-13(6-7-14(19)20)15-8-3-9-17-10-16-11-4-1-2-5-12(11)17/h1-2,4-7,10H,3,8-9H2,(H,15,18)(H,19,20)/b7-6+. The van der Waals surface area contributed by atoms with E-state index in [2.05, 4.69) is 10.3 Å². The highest BCUT2D eigenvalue weighted by Gasteiger charge is 2.01. The summed E-state index contributed by atoms with van der Waals surface area (Å²) in [7, 11) is 0. The number of carbonyl (C=O) groups is 2. The minimum atomic E-state index is -1.13. The zero-order valence-corrected chi connectivity index (χ0v) is 10.8. The average Bonchev–Trinajstić information content (AvgIpc) is 2.85. The second kappa shape index (κ2) is 6.51. The van der Waals surface area contributed by atoms with Gasteiger partial charge in [0.15, 0.2) is 0 Å². The number of carboxylic acid groups (broad SMARTS) is 1. The lowest BCUT2D eigenvalue weighted by atomic mass is 10.3. The Bertz CT molecular complexity index is 646. The predicted molar refractivity (Wildman–Crippen MR) is 74.1 cm³/mol. The van der Waals surface area contributed by atoms with E-state index in [4.69, 9.17) is 5.11 Å². The lowest BCUT2D eigenvalue weighted by Crippen LogP contribution is -2.23.